The maximum atomic E-state index is 13.6. The number of halogens is 2. The Morgan fingerprint density at radius 2 is 2.11 bits per heavy atom. The summed E-state index contributed by atoms with van der Waals surface area (Å²) in [4.78, 5) is 23.8. The first kappa shape index (κ1) is 12.8. The van der Waals surface area contributed by atoms with Crippen LogP contribution in [-0.4, -0.2) is 35.0 Å². The van der Waals surface area contributed by atoms with Gasteiger partial charge in [0.1, 0.15) is 0 Å². The van der Waals surface area contributed by atoms with Gasteiger partial charge in [-0.05, 0) is 12.1 Å². The van der Waals surface area contributed by atoms with Gasteiger partial charge in [0, 0.05) is 19.0 Å². The normalized spacial score (nSPS) is 15.3. The summed E-state index contributed by atoms with van der Waals surface area (Å²) in [5.41, 5.74) is -0.0729. The van der Waals surface area contributed by atoms with E-state index < -0.39 is 17.7 Å². The van der Waals surface area contributed by atoms with E-state index in [4.69, 9.17) is 16.7 Å². The molecule has 0 bridgehead atoms. The maximum Gasteiger partial charge on any atom is 0.303 e. The van der Waals surface area contributed by atoms with Crippen LogP contribution in [0.5, 0.6) is 0 Å². The number of carbonyl (C=O) groups is 2. The lowest BCUT2D eigenvalue weighted by Crippen LogP contribution is -2.50. The molecule has 0 radical (unpaired) electrons. The SMILES string of the molecule is O=C(O)CC1CN(C(=O)c2cccc(Cl)c2F)C1. The number of hydrogen-bond donors (Lipinski definition) is 1. The first-order chi connectivity index (χ1) is 8.49. The second-order valence-corrected chi connectivity index (χ2v) is 4.68. The second-order valence-electron chi connectivity index (χ2n) is 4.28. The Balaban J connectivity index is 2.02. The Bertz CT molecular complexity index is 500. The quantitative estimate of drug-likeness (QED) is 0.915. The van der Waals surface area contributed by atoms with Crippen molar-refractivity contribution < 1.29 is 19.1 Å². The number of hydrogen-bond acceptors (Lipinski definition) is 2. The van der Waals surface area contributed by atoms with Gasteiger partial charge in [-0.2, -0.15) is 0 Å². The fourth-order valence-electron chi connectivity index (χ4n) is 1.95. The monoisotopic (exact) mass is 271 g/mol. The number of carboxylic acids is 1. The molecule has 1 aromatic carbocycles. The molecule has 1 aromatic rings. The predicted molar refractivity (Wildman–Crippen MR) is 63.1 cm³/mol. The summed E-state index contributed by atoms with van der Waals surface area (Å²) in [5.74, 6) is -2.11. The second kappa shape index (κ2) is 4.94. The third-order valence-corrected chi connectivity index (χ3v) is 3.18. The highest BCUT2D eigenvalue weighted by Crippen LogP contribution is 2.24. The van der Waals surface area contributed by atoms with Gasteiger partial charge in [-0.3, -0.25) is 9.59 Å². The molecule has 96 valence electrons. The van der Waals surface area contributed by atoms with Crippen molar-refractivity contribution in [1.82, 2.24) is 4.90 Å². The van der Waals surface area contributed by atoms with Gasteiger partial charge in [-0.25, -0.2) is 4.39 Å². The van der Waals surface area contributed by atoms with Crippen LogP contribution in [0, 0.1) is 11.7 Å². The van der Waals surface area contributed by atoms with Gasteiger partial charge in [0.05, 0.1) is 17.0 Å². The van der Waals surface area contributed by atoms with E-state index in [1.165, 1.54) is 23.1 Å². The Morgan fingerprint density at radius 3 is 2.72 bits per heavy atom. The fourth-order valence-corrected chi connectivity index (χ4v) is 2.13. The Kier molecular flexibility index (Phi) is 3.52. The number of carbonyl (C=O) groups excluding carboxylic acids is 1. The van der Waals surface area contributed by atoms with Crippen LogP contribution >= 0.6 is 11.6 Å². The molecule has 0 unspecified atom stereocenters. The van der Waals surface area contributed by atoms with Gasteiger partial charge in [-0.1, -0.05) is 17.7 Å². The molecule has 0 aromatic heterocycles. The van der Waals surface area contributed by atoms with Crippen molar-refractivity contribution in [3.8, 4) is 0 Å². The minimum absolute atomic E-state index is 0.0296. The molecule has 1 fully saturated rings. The summed E-state index contributed by atoms with van der Waals surface area (Å²) in [7, 11) is 0. The molecule has 1 N–H and O–H groups in total. The summed E-state index contributed by atoms with van der Waals surface area (Å²) < 4.78 is 13.6. The van der Waals surface area contributed by atoms with Crippen molar-refractivity contribution in [2.45, 2.75) is 6.42 Å². The summed E-state index contributed by atoms with van der Waals surface area (Å²) in [6.07, 6.45) is 0.0296. The van der Waals surface area contributed by atoms with Crippen LogP contribution in [0.25, 0.3) is 0 Å². The number of rotatable bonds is 3. The van der Waals surface area contributed by atoms with Gasteiger partial charge >= 0.3 is 5.97 Å². The predicted octanol–water partition coefficient (Wildman–Crippen LogP) is 2.03. The van der Waals surface area contributed by atoms with Crippen molar-refractivity contribution in [3.63, 3.8) is 0 Å². The largest absolute Gasteiger partial charge is 0.481 e. The Morgan fingerprint density at radius 1 is 1.44 bits per heavy atom. The molecule has 1 saturated heterocycles. The van der Waals surface area contributed by atoms with E-state index in [2.05, 4.69) is 0 Å². The molecular weight excluding hydrogens is 261 g/mol. The Labute approximate surface area is 108 Å². The van der Waals surface area contributed by atoms with Gasteiger partial charge in [-0.15, -0.1) is 0 Å². The summed E-state index contributed by atoms with van der Waals surface area (Å²) in [5, 5.41) is 8.50. The zero-order valence-corrected chi connectivity index (χ0v) is 10.2. The van der Waals surface area contributed by atoms with Crippen LogP contribution in [0.1, 0.15) is 16.8 Å². The molecule has 1 aliphatic rings. The minimum atomic E-state index is -0.888. The molecule has 0 spiro atoms. The topological polar surface area (TPSA) is 57.6 Å². The third-order valence-electron chi connectivity index (χ3n) is 2.89. The molecule has 1 amide bonds. The zero-order chi connectivity index (χ0) is 13.3. The smallest absolute Gasteiger partial charge is 0.303 e. The summed E-state index contributed by atoms with van der Waals surface area (Å²) in [6, 6.07) is 4.25. The molecule has 2 rings (SSSR count). The number of benzene rings is 1. The van der Waals surface area contributed by atoms with Crippen LogP contribution in [-0.2, 0) is 4.79 Å². The van der Waals surface area contributed by atoms with Crippen LogP contribution in [0.3, 0.4) is 0 Å². The number of amides is 1. The van der Waals surface area contributed by atoms with Crippen molar-refractivity contribution in [3.05, 3.63) is 34.6 Å². The molecular formula is C12H11ClFNO3. The highest BCUT2D eigenvalue weighted by molar-refractivity contribution is 6.31. The minimum Gasteiger partial charge on any atom is -0.481 e. The van der Waals surface area contributed by atoms with Gasteiger partial charge < -0.3 is 10.0 Å². The molecule has 1 aliphatic heterocycles. The molecule has 0 atom stereocenters. The van der Waals surface area contributed by atoms with E-state index in [1.54, 1.807) is 0 Å². The molecule has 18 heavy (non-hydrogen) atoms. The first-order valence-corrected chi connectivity index (χ1v) is 5.82. The standard InChI is InChI=1S/C12H11ClFNO3/c13-9-3-1-2-8(11(9)14)12(18)15-5-7(6-15)4-10(16)17/h1-3,7H,4-6H2,(H,16,17). The fraction of sp³-hybridized carbons (Fsp3) is 0.333. The lowest BCUT2D eigenvalue weighted by molar-refractivity contribution is -0.139. The molecule has 4 nitrogen and oxygen atoms in total. The van der Waals surface area contributed by atoms with Crippen molar-refractivity contribution in [2.24, 2.45) is 5.92 Å². The van der Waals surface area contributed by atoms with Gasteiger partial charge in [0.25, 0.3) is 5.91 Å². The number of likely N-dealkylation sites (tertiary alicyclic amines) is 1. The number of nitrogens with zero attached hydrogens (tertiary/aromatic N) is 1. The highest BCUT2D eigenvalue weighted by Gasteiger charge is 2.33. The van der Waals surface area contributed by atoms with Crippen molar-refractivity contribution in [1.29, 1.82) is 0 Å². The van der Waals surface area contributed by atoms with Crippen LogP contribution < -0.4 is 0 Å². The van der Waals surface area contributed by atoms with Crippen LogP contribution in [0.4, 0.5) is 4.39 Å². The van der Waals surface area contributed by atoms with E-state index in [0.29, 0.717) is 13.1 Å². The van der Waals surface area contributed by atoms with Crippen LogP contribution in [0.15, 0.2) is 18.2 Å². The molecule has 1 heterocycles. The average molecular weight is 272 g/mol. The maximum absolute atomic E-state index is 13.6. The van der Waals surface area contributed by atoms with E-state index in [-0.39, 0.29) is 22.9 Å². The van der Waals surface area contributed by atoms with E-state index in [0.717, 1.165) is 0 Å². The Hall–Kier alpha value is -1.62. The third kappa shape index (κ3) is 2.46. The lowest BCUT2D eigenvalue weighted by Gasteiger charge is -2.38. The van der Waals surface area contributed by atoms with E-state index in [1.807, 2.05) is 0 Å². The van der Waals surface area contributed by atoms with Crippen molar-refractivity contribution in [2.75, 3.05) is 13.1 Å². The average Bonchev–Trinajstić information content (AvgIpc) is 2.25. The lowest BCUT2D eigenvalue weighted by atomic mass is 9.95. The van der Waals surface area contributed by atoms with Gasteiger partial charge in [0.2, 0.25) is 0 Å². The van der Waals surface area contributed by atoms with E-state index >= 15 is 0 Å². The van der Waals surface area contributed by atoms with Crippen LogP contribution in [0.2, 0.25) is 5.02 Å². The van der Waals surface area contributed by atoms with E-state index in [9.17, 15) is 14.0 Å². The summed E-state index contributed by atoms with van der Waals surface area (Å²) >= 11 is 5.60. The summed E-state index contributed by atoms with van der Waals surface area (Å²) in [6.45, 7) is 0.689. The molecule has 0 aliphatic carbocycles. The first-order valence-electron chi connectivity index (χ1n) is 5.44. The molecule has 0 saturated carbocycles. The number of carboxylic acid groups (broad SMARTS) is 1. The highest BCUT2D eigenvalue weighted by atomic mass is 35.5. The molecule has 6 heteroatoms. The number of aliphatic carboxylic acids is 1. The van der Waals surface area contributed by atoms with Gasteiger partial charge in [0.15, 0.2) is 5.82 Å². The van der Waals surface area contributed by atoms with Crippen molar-refractivity contribution >= 4 is 23.5 Å². The zero-order valence-electron chi connectivity index (χ0n) is 9.40.